The van der Waals surface area contributed by atoms with Gasteiger partial charge in [0.1, 0.15) is 5.75 Å². The van der Waals surface area contributed by atoms with Crippen LogP contribution in [0.4, 0.5) is 11.4 Å². The van der Waals surface area contributed by atoms with Crippen molar-refractivity contribution in [1.82, 2.24) is 4.90 Å². The van der Waals surface area contributed by atoms with Gasteiger partial charge in [0.2, 0.25) is 5.91 Å². The highest BCUT2D eigenvalue weighted by Crippen LogP contribution is 2.32. The standard InChI is InChI=1S/C14H14N4O4S/c1-22-12-6-9(18(20)21)2-3-11(12)16-13(19)7-10-8-23-14-15-4-5-17(10)14/h2-3,6,8H,4-5,7H2,1H3,(H,16,19). The predicted octanol–water partition coefficient (Wildman–Crippen LogP) is 2.19. The number of hydrogen-bond donors (Lipinski definition) is 1. The number of nitrogens with one attached hydrogen (secondary N) is 1. The maximum atomic E-state index is 12.2. The summed E-state index contributed by atoms with van der Waals surface area (Å²) in [6.07, 6.45) is 0.214. The molecule has 2 heterocycles. The van der Waals surface area contributed by atoms with Gasteiger partial charge in [0, 0.05) is 18.3 Å². The first-order valence-electron chi connectivity index (χ1n) is 6.88. The lowest BCUT2D eigenvalue weighted by Gasteiger charge is -2.16. The summed E-state index contributed by atoms with van der Waals surface area (Å²) in [6.45, 7) is 1.54. The Kier molecular flexibility index (Phi) is 4.20. The van der Waals surface area contributed by atoms with Crippen LogP contribution in [-0.2, 0) is 4.79 Å². The minimum atomic E-state index is -0.511. The fourth-order valence-electron chi connectivity index (χ4n) is 2.37. The number of amidine groups is 1. The fraction of sp³-hybridized carbons (Fsp3) is 0.286. The van der Waals surface area contributed by atoms with Crippen LogP contribution in [0.25, 0.3) is 0 Å². The van der Waals surface area contributed by atoms with Gasteiger partial charge in [0.15, 0.2) is 5.17 Å². The molecule has 2 aliphatic rings. The van der Waals surface area contributed by atoms with Crippen molar-refractivity contribution in [3.05, 3.63) is 39.4 Å². The first-order chi connectivity index (χ1) is 11.1. The number of nitro groups is 1. The molecule has 23 heavy (non-hydrogen) atoms. The van der Waals surface area contributed by atoms with E-state index in [1.165, 1.54) is 37.1 Å². The van der Waals surface area contributed by atoms with Gasteiger partial charge in [0.05, 0.1) is 36.8 Å². The first-order valence-corrected chi connectivity index (χ1v) is 7.76. The number of nitro benzene ring substituents is 1. The van der Waals surface area contributed by atoms with Gasteiger partial charge in [0.25, 0.3) is 5.69 Å². The average molecular weight is 334 g/mol. The SMILES string of the molecule is COc1cc([N+](=O)[O-])ccc1NC(=O)CC1=CSC2=NCCN12. The molecular formula is C14H14N4O4S. The molecule has 9 heteroatoms. The zero-order chi connectivity index (χ0) is 16.4. The number of carbonyl (C=O) groups excluding carboxylic acids is 1. The van der Waals surface area contributed by atoms with Crippen molar-refractivity contribution in [3.8, 4) is 5.75 Å². The molecule has 0 bridgehead atoms. The number of fused-ring (bicyclic) bond motifs is 1. The molecule has 8 nitrogen and oxygen atoms in total. The van der Waals surface area contributed by atoms with Crippen LogP contribution in [-0.4, -0.2) is 41.1 Å². The van der Waals surface area contributed by atoms with Crippen LogP contribution in [0.2, 0.25) is 0 Å². The summed E-state index contributed by atoms with van der Waals surface area (Å²) in [4.78, 5) is 28.8. The number of anilines is 1. The molecule has 0 spiro atoms. The summed E-state index contributed by atoms with van der Waals surface area (Å²) < 4.78 is 5.11. The van der Waals surface area contributed by atoms with Crippen LogP contribution >= 0.6 is 11.8 Å². The van der Waals surface area contributed by atoms with Gasteiger partial charge in [-0.15, -0.1) is 0 Å². The van der Waals surface area contributed by atoms with Crippen LogP contribution in [0.1, 0.15) is 6.42 Å². The molecule has 0 saturated carbocycles. The van der Waals surface area contributed by atoms with Crippen molar-refractivity contribution in [1.29, 1.82) is 0 Å². The second kappa shape index (κ2) is 6.29. The van der Waals surface area contributed by atoms with E-state index >= 15 is 0 Å². The van der Waals surface area contributed by atoms with Crippen LogP contribution in [0.3, 0.4) is 0 Å². The summed E-state index contributed by atoms with van der Waals surface area (Å²) in [7, 11) is 1.40. The Hall–Kier alpha value is -2.55. The quantitative estimate of drug-likeness (QED) is 0.655. The lowest BCUT2D eigenvalue weighted by atomic mass is 10.2. The molecule has 1 aromatic carbocycles. The highest BCUT2D eigenvalue weighted by Gasteiger charge is 2.27. The molecule has 0 fully saturated rings. The van der Waals surface area contributed by atoms with E-state index < -0.39 is 4.92 Å². The third kappa shape index (κ3) is 3.14. The Morgan fingerprint density at radius 1 is 1.57 bits per heavy atom. The van der Waals surface area contributed by atoms with Crippen molar-refractivity contribution in [2.75, 3.05) is 25.5 Å². The number of benzene rings is 1. The maximum Gasteiger partial charge on any atom is 0.273 e. The number of amides is 1. The van der Waals surface area contributed by atoms with Gasteiger partial charge in [-0.1, -0.05) is 11.8 Å². The van der Waals surface area contributed by atoms with Crippen LogP contribution in [0, 0.1) is 10.1 Å². The number of non-ortho nitro benzene ring substituents is 1. The summed E-state index contributed by atoms with van der Waals surface area (Å²) in [5, 5.41) is 16.4. The lowest BCUT2D eigenvalue weighted by molar-refractivity contribution is -0.384. The zero-order valence-electron chi connectivity index (χ0n) is 12.3. The summed E-state index contributed by atoms with van der Waals surface area (Å²) in [5.74, 6) is 0.0444. The molecule has 120 valence electrons. The average Bonchev–Trinajstić information content (AvgIpc) is 3.12. The van der Waals surface area contributed by atoms with Gasteiger partial charge in [-0.3, -0.25) is 19.9 Å². The van der Waals surface area contributed by atoms with Crippen molar-refractivity contribution in [3.63, 3.8) is 0 Å². The molecule has 0 saturated heterocycles. The molecule has 0 unspecified atom stereocenters. The van der Waals surface area contributed by atoms with Crippen molar-refractivity contribution in [2.45, 2.75) is 6.42 Å². The molecular weight excluding hydrogens is 320 g/mol. The monoisotopic (exact) mass is 334 g/mol. The van der Waals surface area contributed by atoms with E-state index in [9.17, 15) is 14.9 Å². The number of methoxy groups -OCH3 is 1. The normalized spacial score (nSPS) is 15.8. The highest BCUT2D eigenvalue weighted by molar-refractivity contribution is 8.16. The Morgan fingerprint density at radius 3 is 3.13 bits per heavy atom. The summed E-state index contributed by atoms with van der Waals surface area (Å²) >= 11 is 1.52. The number of rotatable bonds is 5. The fourth-order valence-corrected chi connectivity index (χ4v) is 3.32. The van der Waals surface area contributed by atoms with Gasteiger partial charge in [-0.25, -0.2) is 0 Å². The molecule has 1 aromatic rings. The molecule has 1 N–H and O–H groups in total. The number of nitrogens with zero attached hydrogens (tertiary/aromatic N) is 3. The van der Waals surface area contributed by atoms with Crippen molar-refractivity contribution < 1.29 is 14.5 Å². The van der Waals surface area contributed by atoms with Gasteiger partial charge >= 0.3 is 0 Å². The number of ether oxygens (including phenoxy) is 1. The Labute approximate surface area is 136 Å². The molecule has 0 aromatic heterocycles. The molecule has 0 aliphatic carbocycles. The predicted molar refractivity (Wildman–Crippen MR) is 87.6 cm³/mol. The van der Waals surface area contributed by atoms with Gasteiger partial charge < -0.3 is 15.0 Å². The zero-order valence-corrected chi connectivity index (χ0v) is 13.1. The first kappa shape index (κ1) is 15.3. The van der Waals surface area contributed by atoms with Crippen molar-refractivity contribution in [2.24, 2.45) is 4.99 Å². The Morgan fingerprint density at radius 2 is 2.39 bits per heavy atom. The molecule has 3 rings (SSSR count). The third-order valence-electron chi connectivity index (χ3n) is 3.46. The molecule has 0 radical (unpaired) electrons. The van der Waals surface area contributed by atoms with E-state index in [2.05, 4.69) is 10.3 Å². The second-order valence-electron chi connectivity index (χ2n) is 4.91. The van der Waals surface area contributed by atoms with Gasteiger partial charge in [-0.05, 0) is 11.5 Å². The minimum absolute atomic E-state index is 0.0901. The largest absolute Gasteiger partial charge is 0.494 e. The van der Waals surface area contributed by atoms with E-state index in [-0.39, 0.29) is 23.8 Å². The van der Waals surface area contributed by atoms with Gasteiger partial charge in [-0.2, -0.15) is 0 Å². The minimum Gasteiger partial charge on any atom is -0.494 e. The highest BCUT2D eigenvalue weighted by atomic mass is 32.2. The molecule has 1 amide bonds. The topological polar surface area (TPSA) is 97.1 Å². The third-order valence-corrected chi connectivity index (χ3v) is 4.41. The Bertz CT molecular complexity index is 731. The lowest BCUT2D eigenvalue weighted by Crippen LogP contribution is -2.24. The summed E-state index contributed by atoms with van der Waals surface area (Å²) in [5.41, 5.74) is 1.22. The second-order valence-corrected chi connectivity index (χ2v) is 5.75. The summed E-state index contributed by atoms with van der Waals surface area (Å²) in [6, 6.07) is 4.08. The maximum absolute atomic E-state index is 12.2. The van der Waals surface area contributed by atoms with Crippen LogP contribution < -0.4 is 10.1 Å². The van der Waals surface area contributed by atoms with E-state index in [1.54, 1.807) is 0 Å². The van der Waals surface area contributed by atoms with Crippen LogP contribution in [0.15, 0.2) is 34.3 Å². The smallest absolute Gasteiger partial charge is 0.273 e. The Balaban J connectivity index is 1.68. The number of aliphatic imine (C=N–C) groups is 1. The van der Waals surface area contributed by atoms with Crippen LogP contribution in [0.5, 0.6) is 5.75 Å². The number of thioether (sulfide) groups is 1. The van der Waals surface area contributed by atoms with Crippen molar-refractivity contribution >= 4 is 34.2 Å². The van der Waals surface area contributed by atoms with E-state index in [4.69, 9.17) is 4.74 Å². The molecule has 0 atom stereocenters. The number of carbonyl (C=O) groups is 1. The number of hydrogen-bond acceptors (Lipinski definition) is 7. The van der Waals surface area contributed by atoms with E-state index in [0.717, 1.165) is 24.0 Å². The van der Waals surface area contributed by atoms with E-state index in [1.807, 2.05) is 10.3 Å². The van der Waals surface area contributed by atoms with E-state index in [0.29, 0.717) is 5.69 Å². The molecule has 2 aliphatic heterocycles.